The van der Waals surface area contributed by atoms with Crippen LogP contribution in [0.4, 0.5) is 4.39 Å². The lowest BCUT2D eigenvalue weighted by atomic mass is 9.95. The largest absolute Gasteiger partial charge is 0.505 e. The summed E-state index contributed by atoms with van der Waals surface area (Å²) in [5, 5.41) is 14.9. The molecule has 0 bridgehead atoms. The van der Waals surface area contributed by atoms with Crippen LogP contribution in [-0.4, -0.2) is 82.7 Å². The van der Waals surface area contributed by atoms with Crippen LogP contribution in [0.2, 0.25) is 0 Å². The number of benzene rings is 3. The van der Waals surface area contributed by atoms with Crippen LogP contribution in [0.5, 0.6) is 11.5 Å². The van der Waals surface area contributed by atoms with Gasteiger partial charge in [0.2, 0.25) is 0 Å². The number of nitrogens with zero attached hydrogens (tertiary/aromatic N) is 3. The standard InChI is InChI=1S/C40H44FN4O8P/c1-3-51-34(46)24-52-54(50,53-29-8-5-4-6-9-29)19-18-44-16-13-28(14-17-44)43-39(48)35-30-10-7-15-42-37(30)38(47)36-33(35)23-45(40(36)49)22-26-11-12-27(41)21-32(26)31-20-25(31)2/h4-12,15,21,25,28,31,47H,3,13-14,16-20,22-24H2,1-2H3,(H,43,48). The second-order valence-electron chi connectivity index (χ2n) is 14.2. The van der Waals surface area contributed by atoms with Crippen LogP contribution in [-0.2, 0) is 31.7 Å². The maximum atomic E-state index is 14.3. The van der Waals surface area contributed by atoms with Crippen LogP contribution in [0.1, 0.15) is 76.4 Å². The smallest absolute Gasteiger partial charge is 0.381 e. The third kappa shape index (κ3) is 8.13. The molecular weight excluding hydrogens is 714 g/mol. The fourth-order valence-electron chi connectivity index (χ4n) is 7.51. The monoisotopic (exact) mass is 758 g/mol. The van der Waals surface area contributed by atoms with E-state index >= 15 is 0 Å². The Morgan fingerprint density at radius 3 is 2.57 bits per heavy atom. The molecule has 0 spiro atoms. The van der Waals surface area contributed by atoms with E-state index in [0.717, 1.165) is 17.5 Å². The van der Waals surface area contributed by atoms with Gasteiger partial charge in [0.05, 0.1) is 23.9 Å². The number of hydrogen-bond acceptors (Lipinski definition) is 10. The Morgan fingerprint density at radius 1 is 1.09 bits per heavy atom. The number of carbonyl (C=O) groups excluding carboxylic acids is 3. The molecule has 2 N–H and O–H groups in total. The summed E-state index contributed by atoms with van der Waals surface area (Å²) in [6.07, 6.45) is 3.72. The van der Waals surface area contributed by atoms with Gasteiger partial charge in [-0.05, 0) is 79.5 Å². The molecule has 3 unspecified atom stereocenters. The molecule has 2 fully saturated rings. The topological polar surface area (TPSA) is 148 Å². The third-order valence-electron chi connectivity index (χ3n) is 10.5. The van der Waals surface area contributed by atoms with Crippen molar-refractivity contribution in [1.82, 2.24) is 20.1 Å². The van der Waals surface area contributed by atoms with Gasteiger partial charge in [-0.3, -0.25) is 19.1 Å². The van der Waals surface area contributed by atoms with E-state index in [2.05, 4.69) is 22.1 Å². The molecule has 12 nitrogen and oxygen atoms in total. The van der Waals surface area contributed by atoms with Gasteiger partial charge in [-0.1, -0.05) is 37.3 Å². The number of hydrogen-bond donors (Lipinski definition) is 2. The van der Waals surface area contributed by atoms with Crippen molar-refractivity contribution in [2.75, 3.05) is 39.0 Å². The number of amides is 2. The van der Waals surface area contributed by atoms with E-state index in [9.17, 15) is 28.4 Å². The molecule has 1 saturated carbocycles. The number of rotatable bonds is 14. The lowest BCUT2D eigenvalue weighted by Crippen LogP contribution is -2.45. The Hall–Kier alpha value is -4.84. The average Bonchev–Trinajstić information content (AvgIpc) is 3.81. The minimum absolute atomic E-state index is 0.0422. The number of para-hydroxylation sites is 1. The molecule has 7 rings (SSSR count). The number of phenolic OH excluding ortho intramolecular Hbond substituents is 1. The fraction of sp³-hybridized carbons (Fsp3) is 0.400. The Morgan fingerprint density at radius 2 is 1.85 bits per heavy atom. The molecular formula is C40H44FN4O8P. The molecule has 3 atom stereocenters. The van der Waals surface area contributed by atoms with Gasteiger partial charge in [0.1, 0.15) is 17.1 Å². The highest BCUT2D eigenvalue weighted by Gasteiger charge is 2.40. The zero-order valence-electron chi connectivity index (χ0n) is 30.3. The van der Waals surface area contributed by atoms with Crippen molar-refractivity contribution in [3.05, 3.63) is 100 Å². The van der Waals surface area contributed by atoms with Crippen LogP contribution < -0.4 is 9.84 Å². The van der Waals surface area contributed by atoms with E-state index < -0.39 is 26.1 Å². The number of phenols is 1. The molecule has 3 aromatic carbocycles. The Bertz CT molecular complexity index is 2110. The van der Waals surface area contributed by atoms with Gasteiger partial charge >= 0.3 is 13.6 Å². The van der Waals surface area contributed by atoms with Gasteiger partial charge in [-0.15, -0.1) is 0 Å². The highest BCUT2D eigenvalue weighted by molar-refractivity contribution is 7.54. The third-order valence-corrected chi connectivity index (χ3v) is 12.2. The number of pyridine rings is 1. The van der Waals surface area contributed by atoms with Gasteiger partial charge in [-0.25, -0.2) is 13.8 Å². The molecule has 1 aromatic heterocycles. The maximum absolute atomic E-state index is 14.3. The number of halogens is 1. The van der Waals surface area contributed by atoms with E-state index in [0.29, 0.717) is 60.7 Å². The normalized spacial score (nSPS) is 19.7. The lowest BCUT2D eigenvalue weighted by molar-refractivity contribution is -0.145. The second-order valence-corrected chi connectivity index (χ2v) is 16.3. The predicted octanol–water partition coefficient (Wildman–Crippen LogP) is 6.40. The first-order valence-electron chi connectivity index (χ1n) is 18.4. The molecule has 1 aliphatic carbocycles. The van der Waals surface area contributed by atoms with Crippen molar-refractivity contribution in [3.63, 3.8) is 0 Å². The highest BCUT2D eigenvalue weighted by atomic mass is 31.2. The summed E-state index contributed by atoms with van der Waals surface area (Å²) < 4.78 is 44.3. The van der Waals surface area contributed by atoms with Gasteiger partial charge in [0.25, 0.3) is 11.8 Å². The van der Waals surface area contributed by atoms with Crippen LogP contribution in [0, 0.1) is 11.7 Å². The minimum Gasteiger partial charge on any atom is -0.505 e. The SMILES string of the molecule is CCOC(=O)COP(=O)(CCN1CCC(NC(=O)c2c3c(c(O)c4ncccc24)C(=O)N(Cc2ccc(F)cc2C2CC2C)C3)CC1)Oc1ccccc1. The molecule has 14 heteroatoms. The van der Waals surface area contributed by atoms with Gasteiger partial charge in [0, 0.05) is 55.9 Å². The summed E-state index contributed by atoms with van der Waals surface area (Å²) >= 11 is 0. The summed E-state index contributed by atoms with van der Waals surface area (Å²) in [7, 11) is -3.73. The molecule has 2 aliphatic heterocycles. The van der Waals surface area contributed by atoms with Crippen LogP contribution in [0.25, 0.3) is 10.9 Å². The first kappa shape index (κ1) is 37.5. The number of piperidine rings is 1. The van der Waals surface area contributed by atoms with Crippen molar-refractivity contribution in [3.8, 4) is 11.5 Å². The Balaban J connectivity index is 1.03. The van der Waals surface area contributed by atoms with Crippen LogP contribution in [0.15, 0.2) is 66.9 Å². The fourth-order valence-corrected chi connectivity index (χ4v) is 9.06. The maximum Gasteiger partial charge on any atom is 0.381 e. The second kappa shape index (κ2) is 15.9. The summed E-state index contributed by atoms with van der Waals surface area (Å²) in [4.78, 5) is 48.1. The number of ether oxygens (including phenoxy) is 1. The van der Waals surface area contributed by atoms with Crippen molar-refractivity contribution >= 4 is 36.3 Å². The molecule has 54 heavy (non-hydrogen) atoms. The number of aromatic hydroxyl groups is 1. The van der Waals surface area contributed by atoms with Crippen LogP contribution in [0.3, 0.4) is 0 Å². The van der Waals surface area contributed by atoms with E-state index in [-0.39, 0.29) is 66.4 Å². The van der Waals surface area contributed by atoms with Crippen molar-refractivity contribution in [2.45, 2.75) is 58.2 Å². The molecule has 284 valence electrons. The van der Waals surface area contributed by atoms with E-state index in [1.807, 2.05) is 6.07 Å². The van der Waals surface area contributed by atoms with Gasteiger partial charge < -0.3 is 29.5 Å². The number of fused-ring (bicyclic) bond motifs is 2. The van der Waals surface area contributed by atoms with Crippen molar-refractivity contribution in [2.24, 2.45) is 5.92 Å². The zero-order valence-corrected chi connectivity index (χ0v) is 31.2. The number of nitrogens with one attached hydrogen (secondary N) is 1. The number of esters is 1. The molecule has 4 aromatic rings. The van der Waals surface area contributed by atoms with Gasteiger partial charge in [-0.2, -0.15) is 0 Å². The van der Waals surface area contributed by atoms with Crippen molar-refractivity contribution in [1.29, 1.82) is 0 Å². The van der Waals surface area contributed by atoms with Crippen LogP contribution >= 0.6 is 7.60 Å². The lowest BCUT2D eigenvalue weighted by Gasteiger charge is -2.33. The number of likely N-dealkylation sites (tertiary alicyclic amines) is 1. The number of aromatic nitrogens is 1. The predicted molar refractivity (Wildman–Crippen MR) is 199 cm³/mol. The summed E-state index contributed by atoms with van der Waals surface area (Å²) in [5.41, 5.74) is 2.72. The average molecular weight is 759 g/mol. The zero-order chi connectivity index (χ0) is 38.0. The Kier molecular flexibility index (Phi) is 11.0. The molecule has 3 aliphatic rings. The van der Waals surface area contributed by atoms with E-state index in [1.54, 1.807) is 60.4 Å². The Labute approximate surface area is 313 Å². The molecule has 3 heterocycles. The molecule has 2 amide bonds. The summed E-state index contributed by atoms with van der Waals surface area (Å²) in [6, 6.07) is 16.5. The van der Waals surface area contributed by atoms with E-state index in [4.69, 9.17) is 13.8 Å². The summed E-state index contributed by atoms with van der Waals surface area (Å²) in [6.45, 7) is 5.36. The molecule has 0 radical (unpaired) electrons. The first-order valence-corrected chi connectivity index (χ1v) is 20.1. The highest BCUT2D eigenvalue weighted by Crippen LogP contribution is 2.50. The number of carbonyl (C=O) groups is 3. The molecule has 1 saturated heterocycles. The van der Waals surface area contributed by atoms with Crippen molar-refractivity contribution < 1.29 is 42.2 Å². The first-order chi connectivity index (χ1) is 26.0. The van der Waals surface area contributed by atoms with E-state index in [1.165, 1.54) is 12.3 Å². The summed E-state index contributed by atoms with van der Waals surface area (Å²) in [5.74, 6) is -0.930. The minimum atomic E-state index is -3.73. The quantitative estimate of drug-likeness (QED) is 0.109. The van der Waals surface area contributed by atoms with Gasteiger partial charge in [0.15, 0.2) is 12.4 Å².